The van der Waals surface area contributed by atoms with E-state index in [1.807, 2.05) is 0 Å². The van der Waals surface area contributed by atoms with E-state index >= 15 is 0 Å². The van der Waals surface area contributed by atoms with Crippen molar-refractivity contribution in [2.75, 3.05) is 7.11 Å². The minimum atomic E-state index is -0.371. The molecule has 1 aliphatic carbocycles. The first-order chi connectivity index (χ1) is 9.63. The van der Waals surface area contributed by atoms with Crippen molar-refractivity contribution in [1.82, 2.24) is 5.32 Å². The number of hydrogen-bond acceptors (Lipinski definition) is 4. The van der Waals surface area contributed by atoms with Gasteiger partial charge in [-0.05, 0) is 24.8 Å². The van der Waals surface area contributed by atoms with Gasteiger partial charge in [0.25, 0.3) is 5.69 Å². The molecular weight excluding hydrogens is 256 g/mol. The number of hydrogen-bond donors (Lipinski definition) is 1. The number of ether oxygens (including phenoxy) is 1. The van der Waals surface area contributed by atoms with Crippen molar-refractivity contribution < 1.29 is 9.66 Å². The van der Waals surface area contributed by atoms with Crippen molar-refractivity contribution >= 4 is 5.69 Å². The number of methoxy groups -OCH3 is 1. The molecule has 1 aliphatic rings. The van der Waals surface area contributed by atoms with E-state index in [2.05, 4.69) is 12.2 Å². The molecule has 0 amide bonds. The average molecular weight is 278 g/mol. The molecule has 20 heavy (non-hydrogen) atoms. The second kappa shape index (κ2) is 6.70. The Hall–Kier alpha value is -1.62. The van der Waals surface area contributed by atoms with Crippen LogP contribution < -0.4 is 10.1 Å². The zero-order valence-corrected chi connectivity index (χ0v) is 12.1. The van der Waals surface area contributed by atoms with Gasteiger partial charge in [0, 0.05) is 30.3 Å². The fourth-order valence-corrected chi connectivity index (χ4v) is 2.42. The summed E-state index contributed by atoms with van der Waals surface area (Å²) < 4.78 is 5.28. The van der Waals surface area contributed by atoms with Crippen LogP contribution in [0.15, 0.2) is 18.2 Å². The van der Waals surface area contributed by atoms with Crippen LogP contribution in [-0.2, 0) is 6.54 Å². The minimum absolute atomic E-state index is 0.109. The number of rotatable bonds is 8. The van der Waals surface area contributed by atoms with Crippen LogP contribution in [0.25, 0.3) is 0 Å². The highest BCUT2D eigenvalue weighted by Crippen LogP contribution is 2.34. The summed E-state index contributed by atoms with van der Waals surface area (Å²) in [5.74, 6) is 1.57. The summed E-state index contributed by atoms with van der Waals surface area (Å²) in [6, 6.07) is 5.21. The van der Waals surface area contributed by atoms with Crippen molar-refractivity contribution in [2.24, 2.45) is 5.92 Å². The SMILES string of the molecule is CCC(CC1CC1)NCc1cc([N+](=O)[O-])ccc1OC. The maximum Gasteiger partial charge on any atom is 0.270 e. The summed E-state index contributed by atoms with van der Waals surface area (Å²) >= 11 is 0. The minimum Gasteiger partial charge on any atom is -0.496 e. The van der Waals surface area contributed by atoms with Gasteiger partial charge in [-0.2, -0.15) is 0 Å². The van der Waals surface area contributed by atoms with Crippen LogP contribution in [0.1, 0.15) is 38.2 Å². The van der Waals surface area contributed by atoms with Crippen LogP contribution in [0, 0.1) is 16.0 Å². The number of nitro groups is 1. The van der Waals surface area contributed by atoms with Crippen LogP contribution in [0.3, 0.4) is 0 Å². The molecule has 5 heteroatoms. The van der Waals surface area contributed by atoms with E-state index in [1.165, 1.54) is 25.3 Å². The Morgan fingerprint density at radius 2 is 2.25 bits per heavy atom. The van der Waals surface area contributed by atoms with Crippen molar-refractivity contribution in [2.45, 2.75) is 45.2 Å². The molecule has 1 atom stereocenters. The summed E-state index contributed by atoms with van der Waals surface area (Å²) in [4.78, 5) is 10.5. The van der Waals surface area contributed by atoms with Crippen molar-refractivity contribution in [1.29, 1.82) is 0 Å². The smallest absolute Gasteiger partial charge is 0.270 e. The molecule has 1 aromatic rings. The Kier molecular flexibility index (Phi) is 4.95. The maximum absolute atomic E-state index is 10.8. The average Bonchev–Trinajstić information content (AvgIpc) is 3.26. The van der Waals surface area contributed by atoms with Gasteiger partial charge in [0.1, 0.15) is 5.75 Å². The molecule has 0 heterocycles. The quantitative estimate of drug-likeness (QED) is 0.585. The molecule has 0 spiro atoms. The Bertz CT molecular complexity index is 472. The predicted molar refractivity (Wildman–Crippen MR) is 77.9 cm³/mol. The van der Waals surface area contributed by atoms with E-state index in [-0.39, 0.29) is 10.6 Å². The monoisotopic (exact) mass is 278 g/mol. The number of nitrogens with one attached hydrogen (secondary N) is 1. The number of non-ortho nitro benzene ring substituents is 1. The van der Waals surface area contributed by atoms with Gasteiger partial charge in [-0.3, -0.25) is 10.1 Å². The van der Waals surface area contributed by atoms with E-state index in [0.717, 1.165) is 17.9 Å². The lowest BCUT2D eigenvalue weighted by atomic mass is 10.1. The van der Waals surface area contributed by atoms with Gasteiger partial charge in [-0.15, -0.1) is 0 Å². The standard InChI is InChI=1S/C15H22N2O3/c1-3-13(8-11-4-5-11)16-10-12-9-14(17(18)19)6-7-15(12)20-2/h6-7,9,11,13,16H,3-5,8,10H2,1-2H3. The zero-order chi connectivity index (χ0) is 14.5. The molecule has 5 nitrogen and oxygen atoms in total. The molecule has 0 aromatic heterocycles. The zero-order valence-electron chi connectivity index (χ0n) is 12.1. The molecule has 1 unspecified atom stereocenters. The summed E-state index contributed by atoms with van der Waals surface area (Å²) in [5, 5.41) is 14.3. The lowest BCUT2D eigenvalue weighted by Crippen LogP contribution is -2.28. The molecule has 110 valence electrons. The maximum atomic E-state index is 10.8. The van der Waals surface area contributed by atoms with Crippen LogP contribution in [0.2, 0.25) is 0 Å². The Labute approximate surface area is 119 Å². The van der Waals surface area contributed by atoms with Gasteiger partial charge >= 0.3 is 0 Å². The number of nitrogens with zero attached hydrogens (tertiary/aromatic N) is 1. The third-order valence-corrected chi connectivity index (χ3v) is 3.86. The van der Waals surface area contributed by atoms with E-state index < -0.39 is 0 Å². The summed E-state index contributed by atoms with van der Waals surface area (Å²) in [6.07, 6.45) is 4.97. The molecule has 0 saturated heterocycles. The molecule has 0 bridgehead atoms. The molecule has 1 N–H and O–H groups in total. The van der Waals surface area contributed by atoms with Crippen LogP contribution in [0.5, 0.6) is 5.75 Å². The fraction of sp³-hybridized carbons (Fsp3) is 0.600. The first kappa shape index (κ1) is 14.8. The van der Waals surface area contributed by atoms with Gasteiger partial charge in [-0.25, -0.2) is 0 Å². The molecule has 0 aliphatic heterocycles. The van der Waals surface area contributed by atoms with Crippen molar-refractivity contribution in [3.63, 3.8) is 0 Å². The summed E-state index contributed by atoms with van der Waals surface area (Å²) in [7, 11) is 1.59. The second-order valence-electron chi connectivity index (χ2n) is 5.42. The Balaban J connectivity index is 2.01. The van der Waals surface area contributed by atoms with Crippen LogP contribution in [-0.4, -0.2) is 18.1 Å². The predicted octanol–water partition coefficient (Wildman–Crippen LogP) is 3.27. The third kappa shape index (κ3) is 3.93. The second-order valence-corrected chi connectivity index (χ2v) is 5.42. The molecule has 0 radical (unpaired) electrons. The van der Waals surface area contributed by atoms with Crippen molar-refractivity contribution in [3.05, 3.63) is 33.9 Å². The van der Waals surface area contributed by atoms with Gasteiger partial charge in [-0.1, -0.05) is 19.8 Å². The van der Waals surface area contributed by atoms with Gasteiger partial charge < -0.3 is 10.1 Å². The molecule has 1 aromatic carbocycles. The highest BCUT2D eigenvalue weighted by atomic mass is 16.6. The lowest BCUT2D eigenvalue weighted by molar-refractivity contribution is -0.384. The summed E-state index contributed by atoms with van der Waals surface area (Å²) in [6.45, 7) is 2.78. The third-order valence-electron chi connectivity index (χ3n) is 3.86. The first-order valence-electron chi connectivity index (χ1n) is 7.18. The Morgan fingerprint density at radius 3 is 2.80 bits per heavy atom. The van der Waals surface area contributed by atoms with Gasteiger partial charge in [0.15, 0.2) is 0 Å². The highest BCUT2D eigenvalue weighted by Gasteiger charge is 2.24. The van der Waals surface area contributed by atoms with Crippen LogP contribution >= 0.6 is 0 Å². The molecule has 2 rings (SSSR count). The van der Waals surface area contributed by atoms with E-state index in [1.54, 1.807) is 19.2 Å². The van der Waals surface area contributed by atoms with E-state index in [0.29, 0.717) is 18.3 Å². The first-order valence-corrected chi connectivity index (χ1v) is 7.18. The van der Waals surface area contributed by atoms with Crippen molar-refractivity contribution in [3.8, 4) is 5.75 Å². The van der Waals surface area contributed by atoms with E-state index in [4.69, 9.17) is 4.74 Å². The lowest BCUT2D eigenvalue weighted by Gasteiger charge is -2.17. The Morgan fingerprint density at radius 1 is 1.50 bits per heavy atom. The van der Waals surface area contributed by atoms with Crippen LogP contribution in [0.4, 0.5) is 5.69 Å². The van der Waals surface area contributed by atoms with Gasteiger partial charge in [0.05, 0.1) is 12.0 Å². The molecule has 1 fully saturated rings. The molecule has 1 saturated carbocycles. The normalized spacial score (nSPS) is 15.9. The fourth-order valence-electron chi connectivity index (χ4n) is 2.42. The van der Waals surface area contributed by atoms with Gasteiger partial charge in [0.2, 0.25) is 0 Å². The topological polar surface area (TPSA) is 64.4 Å². The molecular formula is C15H22N2O3. The highest BCUT2D eigenvalue weighted by molar-refractivity contribution is 5.43. The number of nitro benzene ring substituents is 1. The summed E-state index contributed by atoms with van der Waals surface area (Å²) in [5.41, 5.74) is 0.953. The largest absolute Gasteiger partial charge is 0.496 e. The van der Waals surface area contributed by atoms with E-state index in [9.17, 15) is 10.1 Å². The number of benzene rings is 1.